The maximum atomic E-state index is 12.7. The molecule has 1 saturated carbocycles. The van der Waals surface area contributed by atoms with Crippen molar-refractivity contribution in [3.05, 3.63) is 29.8 Å². The van der Waals surface area contributed by atoms with Gasteiger partial charge in [-0.15, -0.1) is 0 Å². The molecule has 1 aromatic rings. The number of benzene rings is 1. The molecule has 0 heterocycles. The second kappa shape index (κ2) is 11.6. The van der Waals surface area contributed by atoms with Gasteiger partial charge >= 0.3 is 5.97 Å². The topological polar surface area (TPSA) is 93.7 Å². The first-order valence-electron chi connectivity index (χ1n) is 10.9. The SMILES string of the molecule is CCOc1ccc(C(=O)N[C@H](C(=O)OC(C)C(=O)NC2CCCCC2)C(C)C)cc1. The van der Waals surface area contributed by atoms with Gasteiger partial charge in [0.15, 0.2) is 6.10 Å². The van der Waals surface area contributed by atoms with Gasteiger partial charge in [-0.1, -0.05) is 33.1 Å². The van der Waals surface area contributed by atoms with Gasteiger partial charge in [0.1, 0.15) is 11.8 Å². The highest BCUT2D eigenvalue weighted by Crippen LogP contribution is 2.18. The van der Waals surface area contributed by atoms with Crippen molar-refractivity contribution in [2.45, 2.75) is 78.0 Å². The third kappa shape index (κ3) is 7.04. The van der Waals surface area contributed by atoms with Crippen LogP contribution in [0.1, 0.15) is 70.2 Å². The fraction of sp³-hybridized carbons (Fsp3) is 0.609. The lowest BCUT2D eigenvalue weighted by Gasteiger charge is -2.26. The van der Waals surface area contributed by atoms with Crippen molar-refractivity contribution in [2.24, 2.45) is 5.92 Å². The lowest BCUT2D eigenvalue weighted by molar-refractivity contribution is -0.157. The summed E-state index contributed by atoms with van der Waals surface area (Å²) in [5.74, 6) is -0.816. The lowest BCUT2D eigenvalue weighted by atomic mass is 9.95. The number of carbonyl (C=O) groups is 3. The van der Waals surface area contributed by atoms with E-state index in [4.69, 9.17) is 9.47 Å². The molecule has 1 aliphatic carbocycles. The molecule has 1 fully saturated rings. The van der Waals surface area contributed by atoms with E-state index in [2.05, 4.69) is 10.6 Å². The minimum absolute atomic E-state index is 0.146. The van der Waals surface area contributed by atoms with Crippen molar-refractivity contribution in [1.82, 2.24) is 10.6 Å². The number of esters is 1. The molecule has 2 atom stereocenters. The molecule has 0 spiro atoms. The van der Waals surface area contributed by atoms with E-state index < -0.39 is 18.1 Å². The summed E-state index contributed by atoms with van der Waals surface area (Å²) < 4.78 is 10.8. The molecule has 0 bridgehead atoms. The summed E-state index contributed by atoms with van der Waals surface area (Å²) in [6.45, 7) is 7.62. The molecule has 1 aromatic carbocycles. The highest BCUT2D eigenvalue weighted by molar-refractivity contribution is 5.97. The third-order valence-electron chi connectivity index (χ3n) is 5.25. The monoisotopic (exact) mass is 418 g/mol. The van der Waals surface area contributed by atoms with E-state index in [1.807, 2.05) is 20.8 Å². The fourth-order valence-electron chi connectivity index (χ4n) is 3.46. The first-order chi connectivity index (χ1) is 14.3. The van der Waals surface area contributed by atoms with Crippen molar-refractivity contribution < 1.29 is 23.9 Å². The molecule has 7 nitrogen and oxygen atoms in total. The van der Waals surface area contributed by atoms with Gasteiger partial charge in [-0.25, -0.2) is 4.79 Å². The summed E-state index contributed by atoms with van der Waals surface area (Å²) in [7, 11) is 0. The Hall–Kier alpha value is -2.57. The summed E-state index contributed by atoms with van der Waals surface area (Å²) in [4.78, 5) is 37.6. The Labute approximate surface area is 178 Å². The zero-order valence-corrected chi connectivity index (χ0v) is 18.4. The molecule has 1 unspecified atom stereocenters. The number of rotatable bonds is 9. The summed E-state index contributed by atoms with van der Waals surface area (Å²) in [5, 5.41) is 5.68. The van der Waals surface area contributed by atoms with Gasteiger partial charge in [-0.3, -0.25) is 9.59 Å². The largest absolute Gasteiger partial charge is 0.494 e. The number of nitrogens with one attached hydrogen (secondary N) is 2. The summed E-state index contributed by atoms with van der Waals surface area (Å²) in [5.41, 5.74) is 0.417. The van der Waals surface area contributed by atoms with E-state index >= 15 is 0 Å². The standard InChI is InChI=1S/C23H34N2O5/c1-5-29-19-13-11-17(12-14-19)22(27)25-20(15(2)3)23(28)30-16(4)21(26)24-18-9-7-6-8-10-18/h11-16,18,20H,5-10H2,1-4H3,(H,24,26)(H,25,27)/t16?,20-/m0/s1. The number of hydrogen-bond donors (Lipinski definition) is 2. The van der Waals surface area contributed by atoms with E-state index in [9.17, 15) is 14.4 Å². The Morgan fingerprint density at radius 2 is 1.67 bits per heavy atom. The molecule has 2 amide bonds. The normalized spacial score (nSPS) is 16.4. The molecule has 7 heteroatoms. The van der Waals surface area contributed by atoms with Crippen LogP contribution in [-0.2, 0) is 14.3 Å². The number of carbonyl (C=O) groups excluding carboxylic acids is 3. The molecule has 2 rings (SSSR count). The Balaban J connectivity index is 1.92. The number of ether oxygens (including phenoxy) is 2. The predicted molar refractivity (Wildman–Crippen MR) is 114 cm³/mol. The summed E-state index contributed by atoms with van der Waals surface area (Å²) in [6, 6.07) is 5.99. The Kier molecular flexibility index (Phi) is 9.15. The van der Waals surface area contributed by atoms with Crippen LogP contribution in [0.4, 0.5) is 0 Å². The minimum Gasteiger partial charge on any atom is -0.494 e. The molecular formula is C23H34N2O5. The van der Waals surface area contributed by atoms with Gasteiger partial charge in [0, 0.05) is 11.6 Å². The molecule has 30 heavy (non-hydrogen) atoms. The second-order valence-electron chi connectivity index (χ2n) is 8.08. The molecule has 1 aliphatic rings. The first-order valence-corrected chi connectivity index (χ1v) is 10.9. The van der Waals surface area contributed by atoms with Crippen LogP contribution in [0.25, 0.3) is 0 Å². The highest BCUT2D eigenvalue weighted by Gasteiger charge is 2.30. The van der Waals surface area contributed by atoms with Crippen molar-refractivity contribution in [3.63, 3.8) is 0 Å². The van der Waals surface area contributed by atoms with Crippen LogP contribution in [0, 0.1) is 5.92 Å². The Morgan fingerprint density at radius 1 is 1.03 bits per heavy atom. The van der Waals surface area contributed by atoms with E-state index in [1.165, 1.54) is 6.42 Å². The van der Waals surface area contributed by atoms with Gasteiger partial charge < -0.3 is 20.1 Å². The molecule has 166 valence electrons. The molecule has 0 saturated heterocycles. The smallest absolute Gasteiger partial charge is 0.329 e. The first kappa shape index (κ1) is 23.7. The maximum absolute atomic E-state index is 12.7. The Morgan fingerprint density at radius 3 is 2.23 bits per heavy atom. The number of hydrogen-bond acceptors (Lipinski definition) is 5. The molecule has 0 radical (unpaired) electrons. The van der Waals surface area contributed by atoms with Crippen LogP contribution in [0.3, 0.4) is 0 Å². The van der Waals surface area contributed by atoms with Crippen LogP contribution in [0.15, 0.2) is 24.3 Å². The minimum atomic E-state index is -0.914. The van der Waals surface area contributed by atoms with Crippen molar-refractivity contribution in [2.75, 3.05) is 6.61 Å². The average molecular weight is 419 g/mol. The highest BCUT2D eigenvalue weighted by atomic mass is 16.5. The molecule has 0 aromatic heterocycles. The van der Waals surface area contributed by atoms with E-state index in [-0.39, 0.29) is 23.8 Å². The Bertz CT molecular complexity index is 711. The zero-order chi connectivity index (χ0) is 22.1. The molecule has 0 aliphatic heterocycles. The fourth-order valence-corrected chi connectivity index (χ4v) is 3.46. The average Bonchev–Trinajstić information content (AvgIpc) is 2.73. The van der Waals surface area contributed by atoms with Crippen molar-refractivity contribution in [1.29, 1.82) is 0 Å². The van der Waals surface area contributed by atoms with Crippen LogP contribution < -0.4 is 15.4 Å². The van der Waals surface area contributed by atoms with Gasteiger partial charge in [-0.05, 0) is 56.9 Å². The molecule has 2 N–H and O–H groups in total. The second-order valence-corrected chi connectivity index (χ2v) is 8.08. The van der Waals surface area contributed by atoms with Gasteiger partial charge in [0.25, 0.3) is 11.8 Å². The van der Waals surface area contributed by atoms with Crippen LogP contribution in [-0.4, -0.2) is 42.6 Å². The van der Waals surface area contributed by atoms with E-state index in [0.717, 1.165) is 25.7 Å². The van der Waals surface area contributed by atoms with Crippen LogP contribution in [0.2, 0.25) is 0 Å². The molecular weight excluding hydrogens is 384 g/mol. The van der Waals surface area contributed by atoms with Crippen LogP contribution >= 0.6 is 0 Å². The predicted octanol–water partition coefficient (Wildman–Crippen LogP) is 3.22. The summed E-state index contributed by atoms with van der Waals surface area (Å²) in [6.07, 6.45) is 4.40. The zero-order valence-electron chi connectivity index (χ0n) is 18.4. The van der Waals surface area contributed by atoms with Gasteiger partial charge in [0.05, 0.1) is 6.61 Å². The van der Waals surface area contributed by atoms with Gasteiger partial charge in [0.2, 0.25) is 0 Å². The quantitative estimate of drug-likeness (QED) is 0.601. The van der Waals surface area contributed by atoms with Crippen molar-refractivity contribution in [3.8, 4) is 5.75 Å². The maximum Gasteiger partial charge on any atom is 0.329 e. The van der Waals surface area contributed by atoms with E-state index in [1.54, 1.807) is 31.2 Å². The van der Waals surface area contributed by atoms with E-state index in [0.29, 0.717) is 17.9 Å². The lowest BCUT2D eigenvalue weighted by Crippen LogP contribution is -2.48. The van der Waals surface area contributed by atoms with Gasteiger partial charge in [-0.2, -0.15) is 0 Å². The number of amides is 2. The summed E-state index contributed by atoms with van der Waals surface area (Å²) >= 11 is 0. The third-order valence-corrected chi connectivity index (χ3v) is 5.25. The van der Waals surface area contributed by atoms with Crippen LogP contribution in [0.5, 0.6) is 5.75 Å². The van der Waals surface area contributed by atoms with Crippen molar-refractivity contribution >= 4 is 17.8 Å².